The summed E-state index contributed by atoms with van der Waals surface area (Å²) in [6.07, 6.45) is 10.9. The summed E-state index contributed by atoms with van der Waals surface area (Å²) < 4.78 is 8.27. The predicted molar refractivity (Wildman–Crippen MR) is 259 cm³/mol. The molecule has 3 aromatic heterocycles. The van der Waals surface area contributed by atoms with Gasteiger partial charge in [0.1, 0.15) is 22.9 Å². The second-order valence-corrected chi connectivity index (χ2v) is 12.1. The van der Waals surface area contributed by atoms with Crippen molar-refractivity contribution in [1.82, 2.24) is 34.6 Å². The van der Waals surface area contributed by atoms with E-state index in [1.54, 1.807) is 18.6 Å². The van der Waals surface area contributed by atoms with Crippen molar-refractivity contribution in [3.8, 4) is 137 Å². The van der Waals surface area contributed by atoms with Crippen LogP contribution in [0.25, 0.3) is 16.7 Å². The molecule has 4 heterocycles. The van der Waals surface area contributed by atoms with Crippen molar-refractivity contribution < 1.29 is 24.0 Å². The number of anilines is 1. The van der Waals surface area contributed by atoms with E-state index in [2.05, 4.69) is 177 Å². The van der Waals surface area contributed by atoms with Gasteiger partial charge >= 0.3 is 5.69 Å². The molecule has 0 unspecified atom stereocenters. The molecule has 18 heteroatoms. The van der Waals surface area contributed by atoms with Crippen molar-refractivity contribution in [2.45, 2.75) is 32.4 Å². The molecule has 0 radical (unpaired) electrons. The maximum Gasteiger partial charge on any atom is 0.352 e. The standard InChI is InChI=1S/C23H25N7O2.C23H4.H3N7O2.10H2/c1-32-19-6-2-16(3-7-19)14-29-21-20(22-25-15-26-30(22)23(29)31)12-18(13-24-21)28-10-8-27(9-11-28)17-4-5-17;1-3-5-7-9-11-13-15-17-19-21-23-22-20-18-16-14-12-10-8-6-4-2;1-2-3-4-5-6-7(8)9;;;;;;;;;;/h2-3,6-7,12-13,15,17H,4-5,8-11,14H2,1H3;1H,2H3;(H2,1,3,5)(H,2,4,6);10*1H. The molecule has 1 aliphatic heterocycles. The lowest BCUT2D eigenvalue weighted by atomic mass is 10.2. The zero-order valence-electron chi connectivity index (χ0n) is 34.2. The second kappa shape index (κ2) is 26.8. The van der Waals surface area contributed by atoms with Crippen LogP contribution < -0.4 is 26.7 Å². The van der Waals surface area contributed by atoms with Gasteiger partial charge in [-0.1, -0.05) is 23.3 Å². The highest BCUT2D eigenvalue weighted by molar-refractivity contribution is 5.91. The lowest BCUT2D eigenvalue weighted by Gasteiger charge is -2.36. The first-order valence-corrected chi connectivity index (χ1v) is 18.5. The van der Waals surface area contributed by atoms with Gasteiger partial charge in [-0.25, -0.2) is 14.8 Å². The minimum atomic E-state index is -0.907. The number of nitrogens with two attached hydrogens (primary N) is 1. The molecule has 0 amide bonds. The van der Waals surface area contributed by atoms with Crippen molar-refractivity contribution in [2.24, 2.45) is 26.7 Å². The molecule has 1 aromatic carbocycles. The lowest BCUT2D eigenvalue weighted by molar-refractivity contribution is -0.546. The van der Waals surface area contributed by atoms with Gasteiger partial charge in [0.15, 0.2) is 10.9 Å². The van der Waals surface area contributed by atoms with Gasteiger partial charge in [0.05, 0.1) is 36.0 Å². The van der Waals surface area contributed by atoms with Crippen LogP contribution >= 0.6 is 0 Å². The number of methoxy groups -OCH3 is 1. The van der Waals surface area contributed by atoms with Crippen molar-refractivity contribution in [3.05, 3.63) is 69.0 Å². The molecule has 2 fully saturated rings. The number of aromatic nitrogens is 5. The summed E-state index contributed by atoms with van der Waals surface area (Å²) in [5, 5.41) is 24.3. The summed E-state index contributed by atoms with van der Waals surface area (Å²) in [6.45, 7) is 6.22. The fourth-order valence-electron chi connectivity index (χ4n) is 5.34. The number of piperazine rings is 1. The van der Waals surface area contributed by atoms with Gasteiger partial charge in [0.2, 0.25) is 0 Å². The molecule has 0 spiro atoms. The molecule has 1 saturated carbocycles. The fraction of sp³-hybridized carbons (Fsp3) is 0.217. The third-order valence-electron chi connectivity index (χ3n) is 8.14. The molecule has 4 aromatic rings. The molecule has 1 aliphatic carbocycles. The summed E-state index contributed by atoms with van der Waals surface area (Å²) in [5.74, 6) is 57.1. The van der Waals surface area contributed by atoms with E-state index in [1.165, 1.54) is 29.2 Å². The van der Waals surface area contributed by atoms with Gasteiger partial charge in [-0.3, -0.25) is 9.47 Å². The van der Waals surface area contributed by atoms with Crippen LogP contribution in [0.4, 0.5) is 5.69 Å². The van der Waals surface area contributed by atoms with Crippen molar-refractivity contribution in [1.29, 1.82) is 0 Å². The molecular weight excluding hydrogens is 813 g/mol. The van der Waals surface area contributed by atoms with Gasteiger partial charge in [-0.15, -0.1) is 6.42 Å². The third kappa shape index (κ3) is 15.9. The molecule has 0 atom stereocenters. The Morgan fingerprint density at radius 3 is 1.91 bits per heavy atom. The Bertz CT molecular complexity index is 3220. The Morgan fingerprint density at radius 1 is 0.844 bits per heavy atom. The monoisotopic (exact) mass is 864 g/mol. The number of rotatable bonds is 8. The summed E-state index contributed by atoms with van der Waals surface area (Å²) in [4.78, 5) is 36.6. The number of terminal acetylenes is 1. The molecule has 1 saturated heterocycles. The minimum Gasteiger partial charge on any atom is -0.497 e. The number of nitrogens with zero attached hydrogens (tertiary/aromatic N) is 12. The maximum absolute atomic E-state index is 13.2. The summed E-state index contributed by atoms with van der Waals surface area (Å²) in [7, 11) is 1.64. The van der Waals surface area contributed by atoms with E-state index < -0.39 is 5.03 Å². The van der Waals surface area contributed by atoms with Gasteiger partial charge in [-0.05, 0) is 138 Å². The number of hydrogen-bond donors (Lipinski definition) is 2. The normalized spacial score (nSPS) is 11.5. The molecule has 6 rings (SSSR count). The number of nitro groups is 1. The molecule has 64 heavy (non-hydrogen) atoms. The van der Waals surface area contributed by atoms with Gasteiger partial charge in [0, 0.05) is 80.9 Å². The van der Waals surface area contributed by atoms with Crippen molar-refractivity contribution >= 4 is 22.4 Å². The first kappa shape index (κ1) is 46.6. The first-order chi connectivity index (χ1) is 31.4. The minimum absolute atomic E-state index is 0. The van der Waals surface area contributed by atoms with Crippen LogP contribution in [-0.2, 0) is 6.54 Å². The van der Waals surface area contributed by atoms with Crippen LogP contribution in [0.15, 0.2) is 68.5 Å². The Morgan fingerprint density at radius 2 is 1.41 bits per heavy atom. The highest BCUT2D eigenvalue weighted by Gasteiger charge is 2.31. The number of hydrazine groups is 1. The zero-order valence-corrected chi connectivity index (χ0v) is 34.2. The Hall–Kier alpha value is -10.1. The predicted octanol–water partition coefficient (Wildman–Crippen LogP) is 4.29. The molecule has 0 bridgehead atoms. The molecule has 3 N–H and O–H groups in total. The number of ether oxygens (including phenoxy) is 1. The van der Waals surface area contributed by atoms with Crippen molar-refractivity contribution in [2.75, 3.05) is 38.2 Å². The largest absolute Gasteiger partial charge is 0.497 e. The van der Waals surface area contributed by atoms with Gasteiger partial charge in [-0.2, -0.15) is 9.61 Å². The number of nitrogens with one attached hydrogen (secondary N) is 1. The first-order valence-electron chi connectivity index (χ1n) is 18.5. The second-order valence-electron chi connectivity index (χ2n) is 12.1. The number of hydrogen-bond acceptors (Lipinski definition) is 11. The SMILES string of the molecule is C#CC#CC#CC#CC#CC#CC#CC#CC#CC#CC#CC.COc1ccc(Cn2c(=O)n3ncnc3c3cc(N4CCN(C5CC5)CC4)cnc32)cc1.NN=NN=NN[N+](=O)[O-].[HH].[HH].[HH].[HH].[HH].[HH].[HH].[HH].[HH].[HH]. The average molecular weight is 865 g/mol. The summed E-state index contributed by atoms with van der Waals surface area (Å²) in [6, 6.07) is 10.6. The third-order valence-corrected chi connectivity index (χ3v) is 8.14. The molecule has 330 valence electrons. The highest BCUT2D eigenvalue weighted by Crippen LogP contribution is 2.29. The number of pyridine rings is 1. The van der Waals surface area contributed by atoms with E-state index in [0.29, 0.717) is 17.8 Å². The zero-order chi connectivity index (χ0) is 45.6. The molecular formula is C46H52N14O4. The topological polar surface area (TPSA) is 211 Å². The van der Waals surface area contributed by atoms with Gasteiger partial charge < -0.3 is 25.6 Å². The highest BCUT2D eigenvalue weighted by atomic mass is 16.7. The van der Waals surface area contributed by atoms with Crippen LogP contribution in [0.1, 0.15) is 39.6 Å². The average Bonchev–Trinajstić information content (AvgIpc) is 4.05. The van der Waals surface area contributed by atoms with E-state index in [1.807, 2.05) is 30.5 Å². The van der Waals surface area contributed by atoms with Crippen LogP contribution in [0, 0.1) is 141 Å². The summed E-state index contributed by atoms with van der Waals surface area (Å²) in [5.41, 5.74) is 4.31. The van der Waals surface area contributed by atoms with E-state index in [9.17, 15) is 14.9 Å². The van der Waals surface area contributed by atoms with Gasteiger partial charge in [0.25, 0.3) is 0 Å². The Labute approximate surface area is 383 Å². The van der Waals surface area contributed by atoms with Crippen LogP contribution in [0.2, 0.25) is 0 Å². The molecule has 2 aliphatic rings. The van der Waals surface area contributed by atoms with Crippen molar-refractivity contribution in [3.63, 3.8) is 0 Å². The lowest BCUT2D eigenvalue weighted by Crippen LogP contribution is -2.47. The maximum atomic E-state index is 13.2. The fourth-order valence-corrected chi connectivity index (χ4v) is 5.34. The number of benzene rings is 1. The quantitative estimate of drug-likeness (QED) is 0.0839. The van der Waals surface area contributed by atoms with E-state index in [0.717, 1.165) is 54.6 Å². The summed E-state index contributed by atoms with van der Waals surface area (Å²) >= 11 is 0. The molecule has 18 nitrogen and oxygen atoms in total. The van der Waals surface area contributed by atoms with Crippen LogP contribution in [0.5, 0.6) is 5.75 Å². The number of fused-ring (bicyclic) bond motifs is 3. The van der Waals surface area contributed by atoms with Crippen LogP contribution in [-0.4, -0.2) is 73.4 Å². The van der Waals surface area contributed by atoms with E-state index in [4.69, 9.17) is 16.1 Å². The smallest absolute Gasteiger partial charge is 0.352 e. The Balaban J connectivity index is -0.000000192. The van der Waals surface area contributed by atoms with Crippen LogP contribution in [0.3, 0.4) is 0 Å². The van der Waals surface area contributed by atoms with E-state index >= 15 is 0 Å². The Kier molecular flexibility index (Phi) is 19.5. The van der Waals surface area contributed by atoms with E-state index in [-0.39, 0.29) is 20.0 Å².